The number of hydrogen-bond donors (Lipinski definition) is 4. The molecule has 0 fully saturated rings. The van der Waals surface area contributed by atoms with Gasteiger partial charge in [-0.25, -0.2) is 0 Å². The lowest BCUT2D eigenvalue weighted by Gasteiger charge is -2.36. The molecule has 0 bridgehead atoms. The van der Waals surface area contributed by atoms with Gasteiger partial charge in [0.1, 0.15) is 0 Å². The molecule has 0 saturated carbocycles. The van der Waals surface area contributed by atoms with Crippen LogP contribution in [0.5, 0.6) is 0 Å². The Morgan fingerprint density at radius 2 is 1.00 bits per heavy atom. The van der Waals surface area contributed by atoms with Crippen molar-refractivity contribution in [2.45, 2.75) is 52.6 Å². The topological polar surface area (TPSA) is 79.1 Å². The Labute approximate surface area is 111 Å². The van der Waals surface area contributed by atoms with E-state index in [0.29, 0.717) is 26.2 Å². The van der Waals surface area contributed by atoms with Crippen LogP contribution < -0.4 is 21.0 Å². The summed E-state index contributed by atoms with van der Waals surface area (Å²) in [6.07, 6.45) is 0. The summed E-state index contributed by atoms with van der Waals surface area (Å²) in [5.74, 6) is 0. The van der Waals surface area contributed by atoms with Gasteiger partial charge in [0, 0.05) is 0 Å². The summed E-state index contributed by atoms with van der Waals surface area (Å²) in [7, 11) is 0. The first-order valence-electron chi connectivity index (χ1n) is 6.57. The van der Waals surface area contributed by atoms with Gasteiger partial charge in [-0.2, -0.15) is 0 Å². The smallest absolute Gasteiger partial charge is 0.0912 e. The first-order valence-corrected chi connectivity index (χ1v) is 6.57. The fourth-order valence-electron chi connectivity index (χ4n) is 1.28. The van der Waals surface area contributed by atoms with Crippen LogP contribution in [0.1, 0.15) is 41.5 Å². The van der Waals surface area contributed by atoms with Gasteiger partial charge >= 0.3 is 0 Å². The fourth-order valence-corrected chi connectivity index (χ4v) is 1.28. The van der Waals surface area contributed by atoms with E-state index in [-0.39, 0.29) is 21.2 Å². The number of quaternary nitrogens is 2. The molecule has 18 heavy (non-hydrogen) atoms. The molecule has 0 aliphatic carbocycles. The lowest BCUT2D eigenvalue weighted by Crippen LogP contribution is -3.15. The average Bonchev–Trinajstić information content (AvgIpc) is 2.19. The van der Waals surface area contributed by atoms with Gasteiger partial charge in [-0.3, -0.25) is 10.9 Å². The normalized spacial score (nSPS) is 16.7. The quantitative estimate of drug-likeness (QED) is 0.331. The highest BCUT2D eigenvalue weighted by molar-refractivity contribution is 4.58. The summed E-state index contributed by atoms with van der Waals surface area (Å²) in [4.78, 5) is 0. The molecular weight excluding hydrogens is 232 g/mol. The number of nitrogens with one attached hydrogen (secondary N) is 4. The summed E-state index contributed by atoms with van der Waals surface area (Å²) >= 11 is 0. The maximum atomic E-state index is 11.6. The lowest BCUT2D eigenvalue weighted by atomic mass is 10.1. The molecule has 0 aromatic heterocycles. The Morgan fingerprint density at radius 1 is 0.722 bits per heavy atom. The zero-order valence-corrected chi connectivity index (χ0v) is 12.6. The van der Waals surface area contributed by atoms with E-state index >= 15 is 0 Å². The van der Waals surface area contributed by atoms with Crippen LogP contribution in [0.15, 0.2) is 0 Å². The third-order valence-corrected chi connectivity index (χ3v) is 2.75. The van der Waals surface area contributed by atoms with E-state index < -0.39 is 0 Å². The SMILES string of the molecule is CC(C)(C)[NH+]([O-])CCNNCC[NH+]([O-])C(C)(C)C. The van der Waals surface area contributed by atoms with Gasteiger partial charge in [-0.1, -0.05) is 0 Å². The van der Waals surface area contributed by atoms with E-state index in [1.165, 1.54) is 0 Å². The Kier molecular flexibility index (Phi) is 7.28. The van der Waals surface area contributed by atoms with Gasteiger partial charge in [-0.15, -0.1) is 0 Å². The minimum atomic E-state index is -0.274. The monoisotopic (exact) mass is 262 g/mol. The third-order valence-electron chi connectivity index (χ3n) is 2.75. The van der Waals surface area contributed by atoms with Crippen molar-refractivity contribution < 1.29 is 10.1 Å². The van der Waals surface area contributed by atoms with Crippen molar-refractivity contribution in [2.24, 2.45) is 0 Å². The molecule has 0 aromatic rings. The Hall–Kier alpha value is -0.240. The predicted octanol–water partition coefficient (Wildman–Crippen LogP) is -1.56. The van der Waals surface area contributed by atoms with E-state index in [1.807, 2.05) is 41.5 Å². The second kappa shape index (κ2) is 7.37. The molecule has 2 unspecified atom stereocenters. The van der Waals surface area contributed by atoms with Gasteiger partial charge in [0.2, 0.25) is 0 Å². The minimum absolute atomic E-state index is 0.238. The Morgan fingerprint density at radius 3 is 1.22 bits per heavy atom. The standard InChI is InChI=1S/C12H30N4O2/c1-11(2,3)15(17)9-7-13-14-8-10-16(18)12(4,5)6/h13-16H,7-10H2,1-6H3. The summed E-state index contributed by atoms with van der Waals surface area (Å²) in [6.45, 7) is 13.7. The van der Waals surface area contributed by atoms with Crippen LogP contribution in [-0.4, -0.2) is 37.3 Å². The molecule has 0 amide bonds. The third kappa shape index (κ3) is 7.97. The van der Waals surface area contributed by atoms with E-state index in [0.717, 1.165) is 0 Å². The van der Waals surface area contributed by atoms with Gasteiger partial charge < -0.3 is 20.5 Å². The number of hydrogen-bond acceptors (Lipinski definition) is 4. The van der Waals surface area contributed by atoms with Crippen molar-refractivity contribution in [2.75, 3.05) is 26.2 Å². The molecule has 0 saturated heterocycles. The van der Waals surface area contributed by atoms with Crippen LogP contribution in [-0.2, 0) is 0 Å². The molecule has 110 valence electrons. The summed E-state index contributed by atoms with van der Waals surface area (Å²) in [5, 5.41) is 23.7. The van der Waals surface area contributed by atoms with E-state index in [2.05, 4.69) is 10.9 Å². The molecule has 0 aliphatic heterocycles. The molecule has 0 heterocycles. The molecule has 0 aliphatic rings. The van der Waals surface area contributed by atoms with Crippen molar-refractivity contribution in [3.8, 4) is 0 Å². The number of hydrazine groups is 1. The molecule has 6 nitrogen and oxygen atoms in total. The first kappa shape index (κ1) is 17.8. The maximum absolute atomic E-state index is 11.6. The van der Waals surface area contributed by atoms with Gasteiger partial charge in [0.05, 0.1) is 37.3 Å². The lowest BCUT2D eigenvalue weighted by molar-refractivity contribution is -0.898. The van der Waals surface area contributed by atoms with Gasteiger partial charge in [-0.05, 0) is 41.5 Å². The zero-order chi connectivity index (χ0) is 14.4. The molecular formula is C12H30N4O2. The van der Waals surface area contributed by atoms with Crippen molar-refractivity contribution in [3.63, 3.8) is 0 Å². The second-order valence-corrected chi connectivity index (χ2v) is 6.70. The maximum Gasteiger partial charge on any atom is 0.0912 e. The van der Waals surface area contributed by atoms with Crippen LogP contribution >= 0.6 is 0 Å². The average molecular weight is 262 g/mol. The Bertz CT molecular complexity index is 199. The van der Waals surface area contributed by atoms with Crippen molar-refractivity contribution in [1.29, 1.82) is 0 Å². The summed E-state index contributed by atoms with van der Waals surface area (Å²) in [6, 6.07) is 0. The highest BCUT2D eigenvalue weighted by Crippen LogP contribution is 1.90. The van der Waals surface area contributed by atoms with Crippen LogP contribution in [0, 0.1) is 10.4 Å². The number of rotatable bonds is 7. The van der Waals surface area contributed by atoms with Crippen LogP contribution in [0.3, 0.4) is 0 Å². The van der Waals surface area contributed by atoms with Crippen LogP contribution in [0.4, 0.5) is 0 Å². The molecule has 0 rings (SSSR count). The molecule has 4 N–H and O–H groups in total. The molecule has 0 aromatic carbocycles. The largest absolute Gasteiger partial charge is 0.634 e. The van der Waals surface area contributed by atoms with Gasteiger partial charge in [0.25, 0.3) is 0 Å². The first-order chi connectivity index (χ1) is 8.05. The highest BCUT2D eigenvalue weighted by atomic mass is 16.5. The van der Waals surface area contributed by atoms with Gasteiger partial charge in [0.15, 0.2) is 0 Å². The molecule has 6 heteroatoms. The van der Waals surface area contributed by atoms with Crippen molar-refractivity contribution in [1.82, 2.24) is 10.9 Å². The van der Waals surface area contributed by atoms with E-state index in [9.17, 15) is 10.4 Å². The highest BCUT2D eigenvalue weighted by Gasteiger charge is 2.18. The van der Waals surface area contributed by atoms with E-state index in [1.54, 1.807) is 0 Å². The van der Waals surface area contributed by atoms with Crippen LogP contribution in [0.2, 0.25) is 0 Å². The van der Waals surface area contributed by atoms with Crippen LogP contribution in [0.25, 0.3) is 0 Å². The predicted molar refractivity (Wildman–Crippen MR) is 73.9 cm³/mol. The molecule has 0 radical (unpaired) electrons. The Balaban J connectivity index is 3.53. The zero-order valence-electron chi connectivity index (χ0n) is 12.6. The number of hydroxylamine groups is 4. The van der Waals surface area contributed by atoms with Crippen molar-refractivity contribution >= 4 is 0 Å². The van der Waals surface area contributed by atoms with Crippen molar-refractivity contribution in [3.05, 3.63) is 10.4 Å². The molecule has 2 atom stereocenters. The van der Waals surface area contributed by atoms with E-state index in [4.69, 9.17) is 0 Å². The second-order valence-electron chi connectivity index (χ2n) is 6.70. The summed E-state index contributed by atoms with van der Waals surface area (Å²) in [5.41, 5.74) is 5.40. The molecule has 0 spiro atoms. The minimum Gasteiger partial charge on any atom is -0.634 e. The fraction of sp³-hybridized carbons (Fsp3) is 1.00. The summed E-state index contributed by atoms with van der Waals surface area (Å²) < 4.78 is 0.